The molecule has 4 nitrogen and oxygen atoms in total. The van der Waals surface area contributed by atoms with Gasteiger partial charge in [0.15, 0.2) is 11.5 Å². The van der Waals surface area contributed by atoms with Gasteiger partial charge in [-0.1, -0.05) is 6.07 Å². The van der Waals surface area contributed by atoms with Crippen molar-refractivity contribution in [3.05, 3.63) is 23.8 Å². The van der Waals surface area contributed by atoms with Gasteiger partial charge in [-0.05, 0) is 36.5 Å². The SMILES string of the molecule is N[C@H](c1ccc2c(c1)OCO2)C1CCOCC1. The third-order valence-corrected chi connectivity index (χ3v) is 3.56. The van der Waals surface area contributed by atoms with Crippen LogP contribution < -0.4 is 15.2 Å². The third kappa shape index (κ3) is 2.10. The van der Waals surface area contributed by atoms with Crippen LogP contribution in [0.4, 0.5) is 0 Å². The molecule has 2 aliphatic heterocycles. The maximum Gasteiger partial charge on any atom is 0.231 e. The fourth-order valence-electron chi connectivity index (χ4n) is 2.47. The van der Waals surface area contributed by atoms with E-state index < -0.39 is 0 Å². The van der Waals surface area contributed by atoms with Gasteiger partial charge in [-0.2, -0.15) is 0 Å². The van der Waals surface area contributed by atoms with E-state index in [-0.39, 0.29) is 6.04 Å². The van der Waals surface area contributed by atoms with Gasteiger partial charge < -0.3 is 19.9 Å². The Hall–Kier alpha value is -1.26. The molecule has 1 saturated heterocycles. The van der Waals surface area contributed by atoms with Crippen LogP contribution in [0.3, 0.4) is 0 Å². The number of nitrogens with two attached hydrogens (primary N) is 1. The van der Waals surface area contributed by atoms with Crippen LogP contribution in [0.1, 0.15) is 24.4 Å². The summed E-state index contributed by atoms with van der Waals surface area (Å²) >= 11 is 0. The molecule has 0 aliphatic carbocycles. The molecule has 0 saturated carbocycles. The maximum atomic E-state index is 6.31. The third-order valence-electron chi connectivity index (χ3n) is 3.56. The smallest absolute Gasteiger partial charge is 0.231 e. The lowest BCUT2D eigenvalue weighted by Crippen LogP contribution is -2.27. The van der Waals surface area contributed by atoms with Crippen LogP contribution in [0, 0.1) is 5.92 Å². The van der Waals surface area contributed by atoms with Crippen molar-refractivity contribution in [2.24, 2.45) is 11.7 Å². The molecule has 0 amide bonds. The van der Waals surface area contributed by atoms with Crippen LogP contribution in [0.5, 0.6) is 11.5 Å². The van der Waals surface area contributed by atoms with Crippen molar-refractivity contribution >= 4 is 0 Å². The summed E-state index contributed by atoms with van der Waals surface area (Å²) in [7, 11) is 0. The number of rotatable bonds is 2. The lowest BCUT2D eigenvalue weighted by atomic mass is 9.88. The fraction of sp³-hybridized carbons (Fsp3) is 0.538. The van der Waals surface area contributed by atoms with Gasteiger partial charge in [0.2, 0.25) is 6.79 Å². The van der Waals surface area contributed by atoms with Gasteiger partial charge in [0, 0.05) is 19.3 Å². The molecule has 92 valence electrons. The lowest BCUT2D eigenvalue weighted by Gasteiger charge is -2.27. The molecule has 1 aromatic carbocycles. The molecule has 2 aliphatic rings. The van der Waals surface area contributed by atoms with Crippen molar-refractivity contribution in [1.29, 1.82) is 0 Å². The normalized spacial score (nSPS) is 21.5. The van der Waals surface area contributed by atoms with Gasteiger partial charge in [0.05, 0.1) is 0 Å². The topological polar surface area (TPSA) is 53.7 Å². The number of ether oxygens (including phenoxy) is 3. The zero-order chi connectivity index (χ0) is 11.7. The Morgan fingerprint density at radius 2 is 1.88 bits per heavy atom. The van der Waals surface area contributed by atoms with Gasteiger partial charge in [-0.15, -0.1) is 0 Å². The molecule has 2 N–H and O–H groups in total. The summed E-state index contributed by atoms with van der Waals surface area (Å²) in [6.45, 7) is 1.96. The predicted molar refractivity (Wildman–Crippen MR) is 63.0 cm³/mol. The molecule has 0 bridgehead atoms. The Bertz CT molecular complexity index is 402. The summed E-state index contributed by atoms with van der Waals surface area (Å²) in [4.78, 5) is 0. The van der Waals surface area contributed by atoms with E-state index in [2.05, 4.69) is 0 Å². The quantitative estimate of drug-likeness (QED) is 0.849. The highest BCUT2D eigenvalue weighted by Crippen LogP contribution is 2.36. The highest BCUT2D eigenvalue weighted by molar-refractivity contribution is 5.45. The summed E-state index contributed by atoms with van der Waals surface area (Å²) in [6, 6.07) is 6.04. The van der Waals surface area contributed by atoms with E-state index in [4.69, 9.17) is 19.9 Å². The first-order valence-electron chi connectivity index (χ1n) is 6.07. The second-order valence-electron chi connectivity index (χ2n) is 4.59. The van der Waals surface area contributed by atoms with Crippen LogP contribution in [0.25, 0.3) is 0 Å². The largest absolute Gasteiger partial charge is 0.454 e. The molecule has 0 unspecified atom stereocenters. The maximum absolute atomic E-state index is 6.31. The molecule has 1 aromatic rings. The zero-order valence-electron chi connectivity index (χ0n) is 9.72. The van der Waals surface area contributed by atoms with Gasteiger partial charge in [-0.3, -0.25) is 0 Å². The van der Waals surface area contributed by atoms with E-state index in [1.54, 1.807) is 0 Å². The van der Waals surface area contributed by atoms with Crippen LogP contribution in [0.15, 0.2) is 18.2 Å². The Morgan fingerprint density at radius 3 is 2.71 bits per heavy atom. The van der Waals surface area contributed by atoms with Crippen LogP contribution in [-0.4, -0.2) is 20.0 Å². The van der Waals surface area contributed by atoms with E-state index in [1.165, 1.54) is 0 Å². The first-order chi connectivity index (χ1) is 8.34. The number of fused-ring (bicyclic) bond motifs is 1. The van der Waals surface area contributed by atoms with Crippen molar-refractivity contribution in [3.63, 3.8) is 0 Å². The predicted octanol–water partition coefficient (Wildman–Crippen LogP) is 1.84. The number of hydrogen-bond donors (Lipinski definition) is 1. The van der Waals surface area contributed by atoms with E-state index in [0.717, 1.165) is 43.1 Å². The summed E-state index contributed by atoms with van der Waals surface area (Å²) in [5.41, 5.74) is 7.44. The summed E-state index contributed by atoms with van der Waals surface area (Å²) in [6.07, 6.45) is 2.07. The summed E-state index contributed by atoms with van der Waals surface area (Å²) in [5, 5.41) is 0. The zero-order valence-corrected chi connectivity index (χ0v) is 9.72. The van der Waals surface area contributed by atoms with Gasteiger partial charge in [0.1, 0.15) is 0 Å². The molecule has 1 atom stereocenters. The van der Waals surface area contributed by atoms with Gasteiger partial charge in [-0.25, -0.2) is 0 Å². The molecule has 0 spiro atoms. The van der Waals surface area contributed by atoms with Crippen molar-refractivity contribution in [2.45, 2.75) is 18.9 Å². The van der Waals surface area contributed by atoms with Gasteiger partial charge >= 0.3 is 0 Å². The Balaban J connectivity index is 1.78. The number of hydrogen-bond acceptors (Lipinski definition) is 4. The standard InChI is InChI=1S/C13H17NO3/c14-13(9-3-5-15-6-4-9)10-1-2-11-12(7-10)17-8-16-11/h1-2,7,9,13H,3-6,8,14H2/t13-/m0/s1. The molecule has 2 heterocycles. The van der Waals surface area contributed by atoms with Crippen molar-refractivity contribution in [3.8, 4) is 11.5 Å². The second-order valence-corrected chi connectivity index (χ2v) is 4.59. The highest BCUT2D eigenvalue weighted by Gasteiger charge is 2.24. The molecule has 3 rings (SSSR count). The monoisotopic (exact) mass is 235 g/mol. The second kappa shape index (κ2) is 4.55. The first kappa shape index (κ1) is 10.9. The Labute approximate surface area is 101 Å². The minimum atomic E-state index is 0.0633. The van der Waals surface area contributed by atoms with E-state index in [0.29, 0.717) is 12.7 Å². The summed E-state index contributed by atoms with van der Waals surface area (Å²) < 4.78 is 16.0. The molecule has 4 heteroatoms. The molecule has 17 heavy (non-hydrogen) atoms. The van der Waals surface area contributed by atoms with Crippen LogP contribution in [-0.2, 0) is 4.74 Å². The Kier molecular flexibility index (Phi) is 2.91. The van der Waals surface area contributed by atoms with Crippen molar-refractivity contribution in [1.82, 2.24) is 0 Å². The molecule has 1 fully saturated rings. The van der Waals surface area contributed by atoms with Crippen LogP contribution in [0.2, 0.25) is 0 Å². The highest BCUT2D eigenvalue weighted by atomic mass is 16.7. The average Bonchev–Trinajstić information content (AvgIpc) is 2.86. The van der Waals surface area contributed by atoms with Gasteiger partial charge in [0.25, 0.3) is 0 Å². The van der Waals surface area contributed by atoms with Crippen LogP contribution >= 0.6 is 0 Å². The van der Waals surface area contributed by atoms with Crippen molar-refractivity contribution < 1.29 is 14.2 Å². The van der Waals surface area contributed by atoms with E-state index in [9.17, 15) is 0 Å². The molecular weight excluding hydrogens is 218 g/mol. The average molecular weight is 235 g/mol. The lowest BCUT2D eigenvalue weighted by molar-refractivity contribution is 0.0583. The minimum absolute atomic E-state index is 0.0633. The number of benzene rings is 1. The fourth-order valence-corrected chi connectivity index (χ4v) is 2.47. The minimum Gasteiger partial charge on any atom is -0.454 e. The van der Waals surface area contributed by atoms with Crippen molar-refractivity contribution in [2.75, 3.05) is 20.0 Å². The summed E-state index contributed by atoms with van der Waals surface area (Å²) in [5.74, 6) is 2.13. The Morgan fingerprint density at radius 1 is 1.12 bits per heavy atom. The van der Waals surface area contributed by atoms with E-state index >= 15 is 0 Å². The first-order valence-corrected chi connectivity index (χ1v) is 6.07. The van der Waals surface area contributed by atoms with E-state index in [1.807, 2.05) is 18.2 Å². The molecule has 0 aromatic heterocycles. The molecular formula is C13H17NO3. The molecule has 0 radical (unpaired) electrons.